The number of hydrogen-bond donors (Lipinski definition) is 1. The molecule has 1 atom stereocenters. The van der Waals surface area contributed by atoms with Crippen LogP contribution in [0.15, 0.2) is 36.4 Å². The van der Waals surface area contributed by atoms with Crippen LogP contribution in [-0.4, -0.2) is 33.3 Å². The zero-order chi connectivity index (χ0) is 21.6. The molecular formula is C20H21F4NO4. The first-order chi connectivity index (χ1) is 13.7. The largest absolute Gasteiger partial charge is 0.493 e. The number of ether oxygens (including phenoxy) is 3. The van der Waals surface area contributed by atoms with Crippen LogP contribution in [0.3, 0.4) is 0 Å². The monoisotopic (exact) mass is 415 g/mol. The molecule has 158 valence electrons. The number of rotatable bonds is 8. The van der Waals surface area contributed by atoms with Crippen molar-refractivity contribution in [1.82, 2.24) is 5.32 Å². The highest BCUT2D eigenvalue weighted by molar-refractivity contribution is 5.94. The van der Waals surface area contributed by atoms with E-state index in [1.807, 2.05) is 0 Å². The van der Waals surface area contributed by atoms with E-state index in [1.54, 1.807) is 32.2 Å². The molecule has 29 heavy (non-hydrogen) atoms. The number of nitrogens with one attached hydrogen (secondary N) is 1. The fourth-order valence-corrected chi connectivity index (χ4v) is 2.55. The number of halogens is 4. The molecule has 0 aliphatic carbocycles. The molecule has 0 aromatic heterocycles. The Bertz CT molecular complexity index is 855. The number of benzene rings is 2. The summed E-state index contributed by atoms with van der Waals surface area (Å²) in [6, 6.07) is 6.57. The third-order valence-corrected chi connectivity index (χ3v) is 4.11. The minimum Gasteiger partial charge on any atom is -0.493 e. The topological polar surface area (TPSA) is 56.8 Å². The molecule has 1 amide bonds. The summed E-state index contributed by atoms with van der Waals surface area (Å²) >= 11 is 0. The molecule has 1 unspecified atom stereocenters. The number of methoxy groups -OCH3 is 2. The van der Waals surface area contributed by atoms with E-state index in [0.29, 0.717) is 42.4 Å². The number of hydrogen-bond acceptors (Lipinski definition) is 4. The second-order valence-corrected chi connectivity index (χ2v) is 6.14. The van der Waals surface area contributed by atoms with E-state index < -0.39 is 29.5 Å². The van der Waals surface area contributed by atoms with Gasteiger partial charge in [0.2, 0.25) is 0 Å². The van der Waals surface area contributed by atoms with E-state index in [4.69, 9.17) is 14.2 Å². The molecule has 9 heteroatoms. The molecule has 0 saturated heterocycles. The van der Waals surface area contributed by atoms with Gasteiger partial charge in [0.1, 0.15) is 12.4 Å². The first-order valence-corrected chi connectivity index (χ1v) is 8.64. The smallest absolute Gasteiger partial charge is 0.419 e. The first-order valence-electron chi connectivity index (χ1n) is 8.64. The summed E-state index contributed by atoms with van der Waals surface area (Å²) in [5, 5.41) is 2.59. The van der Waals surface area contributed by atoms with Gasteiger partial charge in [-0.15, -0.1) is 0 Å². The Balaban J connectivity index is 2.15. The second-order valence-electron chi connectivity index (χ2n) is 6.14. The lowest BCUT2D eigenvalue weighted by Gasteiger charge is -2.18. The maximum Gasteiger partial charge on any atom is 0.419 e. The Morgan fingerprint density at radius 3 is 2.41 bits per heavy atom. The van der Waals surface area contributed by atoms with Gasteiger partial charge in [0.15, 0.2) is 11.5 Å². The number of alkyl halides is 3. The maximum atomic E-state index is 13.4. The van der Waals surface area contributed by atoms with Crippen molar-refractivity contribution in [3.05, 3.63) is 58.9 Å². The van der Waals surface area contributed by atoms with Crippen LogP contribution in [0.1, 0.15) is 34.5 Å². The molecule has 0 saturated carbocycles. The van der Waals surface area contributed by atoms with Gasteiger partial charge in [-0.2, -0.15) is 13.2 Å². The standard InChI is InChI=1S/C20H21F4NO4/c1-12(13-5-7-17(18(11-13)28-3)29-9-8-27-2)25-19(26)14-4-6-16(21)15(10-14)20(22,23)24/h4-7,10-12H,8-9H2,1-3H3,(H,25,26). The molecule has 5 nitrogen and oxygen atoms in total. The van der Waals surface area contributed by atoms with E-state index >= 15 is 0 Å². The molecule has 0 bridgehead atoms. The van der Waals surface area contributed by atoms with Crippen LogP contribution in [0.2, 0.25) is 0 Å². The van der Waals surface area contributed by atoms with Gasteiger partial charge in [0.05, 0.1) is 25.3 Å². The molecule has 0 heterocycles. The Kier molecular flexibility index (Phi) is 7.44. The predicted octanol–water partition coefficient (Wildman–Crippen LogP) is 4.37. The molecule has 0 spiro atoms. The quantitative estimate of drug-likeness (QED) is 0.514. The van der Waals surface area contributed by atoms with Crippen molar-refractivity contribution in [2.45, 2.75) is 19.1 Å². The highest BCUT2D eigenvalue weighted by Crippen LogP contribution is 2.33. The Morgan fingerprint density at radius 1 is 1.07 bits per heavy atom. The molecule has 2 aromatic rings. The van der Waals surface area contributed by atoms with Crippen LogP contribution < -0.4 is 14.8 Å². The number of carbonyl (C=O) groups is 1. The highest BCUT2D eigenvalue weighted by Gasteiger charge is 2.34. The normalized spacial score (nSPS) is 12.4. The van der Waals surface area contributed by atoms with Gasteiger partial charge >= 0.3 is 6.18 Å². The second kappa shape index (κ2) is 9.60. The SMILES string of the molecule is COCCOc1ccc(C(C)NC(=O)c2ccc(F)c(C(F)(F)F)c2)cc1OC. The summed E-state index contributed by atoms with van der Waals surface area (Å²) < 4.78 is 67.7. The van der Waals surface area contributed by atoms with Gasteiger partial charge in [0, 0.05) is 12.7 Å². The van der Waals surface area contributed by atoms with Crippen LogP contribution in [0.4, 0.5) is 17.6 Å². The average Bonchev–Trinajstić information content (AvgIpc) is 2.67. The zero-order valence-electron chi connectivity index (χ0n) is 16.1. The van der Waals surface area contributed by atoms with Crippen LogP contribution >= 0.6 is 0 Å². The lowest BCUT2D eigenvalue weighted by molar-refractivity contribution is -0.140. The van der Waals surface area contributed by atoms with E-state index in [-0.39, 0.29) is 5.56 Å². The van der Waals surface area contributed by atoms with Crippen molar-refractivity contribution in [3.8, 4) is 11.5 Å². The summed E-state index contributed by atoms with van der Waals surface area (Å²) in [5.74, 6) is -1.28. The van der Waals surface area contributed by atoms with Gasteiger partial charge in [-0.05, 0) is 42.8 Å². The fourth-order valence-electron chi connectivity index (χ4n) is 2.55. The third kappa shape index (κ3) is 5.83. The van der Waals surface area contributed by atoms with Gasteiger partial charge < -0.3 is 19.5 Å². The summed E-state index contributed by atoms with van der Waals surface area (Å²) in [6.07, 6.45) is -4.89. The molecule has 0 aliphatic heterocycles. The summed E-state index contributed by atoms with van der Waals surface area (Å²) in [4.78, 5) is 12.3. The van der Waals surface area contributed by atoms with Crippen molar-refractivity contribution in [2.24, 2.45) is 0 Å². The molecule has 0 radical (unpaired) electrons. The first kappa shape index (κ1) is 22.5. The third-order valence-electron chi connectivity index (χ3n) is 4.11. The lowest BCUT2D eigenvalue weighted by atomic mass is 10.1. The Morgan fingerprint density at radius 2 is 1.79 bits per heavy atom. The van der Waals surface area contributed by atoms with Crippen molar-refractivity contribution in [2.75, 3.05) is 27.4 Å². The Labute approximate surface area is 165 Å². The summed E-state index contributed by atoms with van der Waals surface area (Å²) in [5.41, 5.74) is -1.14. The van der Waals surface area contributed by atoms with E-state index in [1.165, 1.54) is 7.11 Å². The lowest BCUT2D eigenvalue weighted by Crippen LogP contribution is -2.27. The van der Waals surface area contributed by atoms with Gasteiger partial charge in [-0.1, -0.05) is 6.07 Å². The summed E-state index contributed by atoms with van der Waals surface area (Å²) in [7, 11) is 3.01. The molecule has 0 aliphatic rings. The molecule has 2 rings (SSSR count). The van der Waals surface area contributed by atoms with Crippen molar-refractivity contribution in [3.63, 3.8) is 0 Å². The predicted molar refractivity (Wildman–Crippen MR) is 97.6 cm³/mol. The van der Waals surface area contributed by atoms with Crippen LogP contribution in [0.25, 0.3) is 0 Å². The summed E-state index contributed by atoms with van der Waals surface area (Å²) in [6.45, 7) is 2.38. The van der Waals surface area contributed by atoms with E-state index in [9.17, 15) is 22.4 Å². The van der Waals surface area contributed by atoms with Crippen LogP contribution in [-0.2, 0) is 10.9 Å². The fraction of sp³-hybridized carbons (Fsp3) is 0.350. The molecular weight excluding hydrogens is 394 g/mol. The van der Waals surface area contributed by atoms with Crippen molar-refractivity contribution in [1.29, 1.82) is 0 Å². The van der Waals surface area contributed by atoms with Crippen LogP contribution in [0, 0.1) is 5.82 Å². The average molecular weight is 415 g/mol. The van der Waals surface area contributed by atoms with Gasteiger partial charge in [0.25, 0.3) is 5.91 Å². The minimum atomic E-state index is -4.89. The molecule has 0 fully saturated rings. The molecule has 2 aromatic carbocycles. The van der Waals surface area contributed by atoms with E-state index in [0.717, 1.165) is 6.07 Å². The van der Waals surface area contributed by atoms with Gasteiger partial charge in [-0.3, -0.25) is 4.79 Å². The van der Waals surface area contributed by atoms with E-state index in [2.05, 4.69) is 5.32 Å². The maximum absolute atomic E-state index is 13.4. The Hall–Kier alpha value is -2.81. The molecule has 1 N–H and O–H groups in total. The van der Waals surface area contributed by atoms with Gasteiger partial charge in [-0.25, -0.2) is 4.39 Å². The van der Waals surface area contributed by atoms with Crippen molar-refractivity contribution >= 4 is 5.91 Å². The number of amides is 1. The highest BCUT2D eigenvalue weighted by atomic mass is 19.4. The van der Waals surface area contributed by atoms with Crippen molar-refractivity contribution < 1.29 is 36.6 Å². The zero-order valence-corrected chi connectivity index (χ0v) is 16.1. The number of carbonyl (C=O) groups excluding carboxylic acids is 1. The minimum absolute atomic E-state index is 0.294. The van der Waals surface area contributed by atoms with Crippen LogP contribution in [0.5, 0.6) is 11.5 Å².